The number of carboxylic acid groups (broad SMARTS) is 1. The number of nitrogens with one attached hydrogen (secondary N) is 1. The molecule has 0 fully saturated rings. The molecular formula is C26H44F3N3O2. The number of H-pyrrole nitrogens is 1. The minimum absolute atomic E-state index is 0.0491. The molecule has 1 aromatic heterocycles. The molecule has 0 aliphatic rings. The van der Waals surface area contributed by atoms with E-state index in [1.165, 1.54) is 58.1 Å². The summed E-state index contributed by atoms with van der Waals surface area (Å²) in [6.07, 6.45) is 16.8. The smallest absolute Gasteiger partial charge is 0.404 e. The van der Waals surface area contributed by atoms with Crippen LogP contribution in [-0.4, -0.2) is 51.3 Å². The lowest BCUT2D eigenvalue weighted by Gasteiger charge is -2.34. The maximum absolute atomic E-state index is 13.7. The molecule has 1 rings (SSSR count). The van der Waals surface area contributed by atoms with Crippen molar-refractivity contribution in [1.82, 2.24) is 14.9 Å². The van der Waals surface area contributed by atoms with E-state index >= 15 is 0 Å². The number of aromatic amines is 1. The van der Waals surface area contributed by atoms with E-state index in [2.05, 4.69) is 29.0 Å². The molecule has 0 bridgehead atoms. The van der Waals surface area contributed by atoms with Crippen molar-refractivity contribution in [2.75, 3.05) is 7.05 Å². The zero-order valence-corrected chi connectivity index (χ0v) is 21.0. The number of hydrogen-bond acceptors (Lipinski definition) is 3. The molecule has 1 aromatic rings. The van der Waals surface area contributed by atoms with Crippen molar-refractivity contribution in [2.24, 2.45) is 0 Å². The number of rotatable bonds is 20. The number of hydrogen-bond donors (Lipinski definition) is 2. The highest BCUT2D eigenvalue weighted by atomic mass is 19.4. The second-order valence-corrected chi connectivity index (χ2v) is 9.23. The SMILES string of the molecule is CCCCCC/C=C/CCCCCCCCCC(N(C)C(Cc1cnc[nH]1)C(=O)O)C(F)(F)F. The summed E-state index contributed by atoms with van der Waals surface area (Å²) in [5, 5.41) is 9.51. The minimum Gasteiger partial charge on any atom is -0.480 e. The van der Waals surface area contributed by atoms with Gasteiger partial charge in [0.15, 0.2) is 0 Å². The van der Waals surface area contributed by atoms with Gasteiger partial charge in [0.1, 0.15) is 12.1 Å². The molecule has 0 aliphatic carbocycles. The number of imidazole rings is 1. The molecule has 0 amide bonds. The number of carboxylic acids is 1. The Morgan fingerprint density at radius 1 is 1.03 bits per heavy atom. The van der Waals surface area contributed by atoms with Crippen molar-refractivity contribution in [1.29, 1.82) is 0 Å². The first-order chi connectivity index (χ1) is 16.3. The van der Waals surface area contributed by atoms with E-state index in [1.807, 2.05) is 0 Å². The fourth-order valence-corrected chi connectivity index (χ4v) is 4.23. The third kappa shape index (κ3) is 13.2. The largest absolute Gasteiger partial charge is 0.480 e. The summed E-state index contributed by atoms with van der Waals surface area (Å²) in [5.41, 5.74) is 0.502. The van der Waals surface area contributed by atoms with E-state index in [9.17, 15) is 23.1 Å². The van der Waals surface area contributed by atoms with E-state index in [0.29, 0.717) is 12.1 Å². The summed E-state index contributed by atoms with van der Waals surface area (Å²) in [5.74, 6) is -1.27. The van der Waals surface area contributed by atoms with Gasteiger partial charge in [-0.05, 0) is 39.2 Å². The third-order valence-corrected chi connectivity index (χ3v) is 6.35. The average Bonchev–Trinajstić information content (AvgIpc) is 3.29. The molecule has 0 saturated heterocycles. The zero-order valence-electron chi connectivity index (χ0n) is 21.0. The first-order valence-corrected chi connectivity index (χ1v) is 12.9. The Morgan fingerprint density at radius 2 is 1.59 bits per heavy atom. The summed E-state index contributed by atoms with van der Waals surface area (Å²) in [6.45, 7) is 2.22. The molecule has 8 heteroatoms. The summed E-state index contributed by atoms with van der Waals surface area (Å²) in [4.78, 5) is 19.2. The van der Waals surface area contributed by atoms with Crippen LogP contribution in [0, 0.1) is 0 Å². The van der Waals surface area contributed by atoms with Gasteiger partial charge in [-0.2, -0.15) is 13.2 Å². The Labute approximate surface area is 203 Å². The van der Waals surface area contributed by atoms with Gasteiger partial charge in [0, 0.05) is 18.3 Å². The van der Waals surface area contributed by atoms with Crippen LogP contribution in [0.5, 0.6) is 0 Å². The topological polar surface area (TPSA) is 69.2 Å². The molecule has 1 heterocycles. The fraction of sp³-hybridized carbons (Fsp3) is 0.769. The van der Waals surface area contributed by atoms with Crippen molar-refractivity contribution in [2.45, 2.75) is 121 Å². The monoisotopic (exact) mass is 487 g/mol. The number of allylic oxidation sites excluding steroid dienone is 2. The second kappa shape index (κ2) is 17.6. The van der Waals surface area contributed by atoms with E-state index in [0.717, 1.165) is 43.4 Å². The third-order valence-electron chi connectivity index (χ3n) is 6.35. The van der Waals surface area contributed by atoms with Crippen LogP contribution in [0.1, 0.15) is 103 Å². The summed E-state index contributed by atoms with van der Waals surface area (Å²) in [6, 6.07) is -3.04. The zero-order chi connectivity index (χ0) is 25.2. The fourth-order valence-electron chi connectivity index (χ4n) is 4.23. The number of nitrogens with zero attached hydrogens (tertiary/aromatic N) is 2. The Balaban J connectivity index is 2.25. The lowest BCUT2D eigenvalue weighted by Crippen LogP contribution is -2.52. The molecule has 0 aromatic carbocycles. The molecule has 0 aliphatic heterocycles. The minimum atomic E-state index is -4.47. The van der Waals surface area contributed by atoms with Gasteiger partial charge in [0.05, 0.1) is 6.33 Å². The first kappa shape index (κ1) is 30.2. The predicted molar refractivity (Wildman–Crippen MR) is 131 cm³/mol. The number of carbonyl (C=O) groups is 1. The highest BCUT2D eigenvalue weighted by Crippen LogP contribution is 2.30. The van der Waals surface area contributed by atoms with E-state index in [1.54, 1.807) is 0 Å². The molecule has 0 radical (unpaired) electrons. The maximum atomic E-state index is 13.7. The molecule has 2 unspecified atom stereocenters. The molecule has 0 spiro atoms. The number of unbranched alkanes of at least 4 members (excludes halogenated alkanes) is 11. The normalized spacial score (nSPS) is 14.2. The molecule has 2 N–H and O–H groups in total. The number of alkyl halides is 3. The van der Waals surface area contributed by atoms with Crippen LogP contribution in [0.2, 0.25) is 0 Å². The van der Waals surface area contributed by atoms with Crippen LogP contribution < -0.4 is 0 Å². The standard InChI is InChI=1S/C26H44F3N3O2/c1-3-4-5-6-7-8-9-10-11-12-13-14-15-16-17-18-24(26(27,28)29)32(2)23(25(33)34)19-22-20-30-21-31-22/h8-9,20-21,23-24H,3-7,10-19H2,1-2H3,(H,30,31)(H,33,34)/b9-8+. The molecule has 34 heavy (non-hydrogen) atoms. The van der Waals surface area contributed by atoms with Crippen LogP contribution in [0.3, 0.4) is 0 Å². The number of aromatic nitrogens is 2. The van der Waals surface area contributed by atoms with Crippen LogP contribution in [-0.2, 0) is 11.2 Å². The van der Waals surface area contributed by atoms with E-state index < -0.39 is 24.2 Å². The van der Waals surface area contributed by atoms with Crippen LogP contribution in [0.15, 0.2) is 24.7 Å². The molecule has 5 nitrogen and oxygen atoms in total. The maximum Gasteiger partial charge on any atom is 0.404 e. The van der Waals surface area contributed by atoms with Crippen molar-refractivity contribution in [3.05, 3.63) is 30.4 Å². The number of likely N-dealkylation sites (N-methyl/N-ethyl adjacent to an activating group) is 1. The number of aliphatic carboxylic acids is 1. The Bertz CT molecular complexity index is 663. The Morgan fingerprint density at radius 3 is 2.09 bits per heavy atom. The summed E-state index contributed by atoms with van der Waals surface area (Å²) >= 11 is 0. The van der Waals surface area contributed by atoms with Crippen molar-refractivity contribution < 1.29 is 23.1 Å². The Hall–Kier alpha value is -1.83. The van der Waals surface area contributed by atoms with E-state index in [4.69, 9.17) is 0 Å². The van der Waals surface area contributed by atoms with Gasteiger partial charge < -0.3 is 10.1 Å². The highest BCUT2D eigenvalue weighted by Gasteiger charge is 2.45. The number of halogens is 3. The van der Waals surface area contributed by atoms with Gasteiger partial charge in [0.25, 0.3) is 0 Å². The lowest BCUT2D eigenvalue weighted by molar-refractivity contribution is -0.191. The van der Waals surface area contributed by atoms with Crippen molar-refractivity contribution >= 4 is 5.97 Å². The highest BCUT2D eigenvalue weighted by molar-refractivity contribution is 5.73. The van der Waals surface area contributed by atoms with Crippen LogP contribution in [0.4, 0.5) is 13.2 Å². The van der Waals surface area contributed by atoms with Crippen molar-refractivity contribution in [3.63, 3.8) is 0 Å². The van der Waals surface area contributed by atoms with Gasteiger partial charge in [-0.3, -0.25) is 9.69 Å². The van der Waals surface area contributed by atoms with Gasteiger partial charge >= 0.3 is 12.1 Å². The van der Waals surface area contributed by atoms with E-state index in [-0.39, 0.29) is 12.8 Å². The van der Waals surface area contributed by atoms with Crippen LogP contribution in [0.25, 0.3) is 0 Å². The second-order valence-electron chi connectivity index (χ2n) is 9.23. The van der Waals surface area contributed by atoms with Crippen molar-refractivity contribution in [3.8, 4) is 0 Å². The first-order valence-electron chi connectivity index (χ1n) is 12.9. The molecule has 2 atom stereocenters. The Kier molecular flexibility index (Phi) is 15.6. The molecule has 196 valence electrons. The van der Waals surface area contributed by atoms with Gasteiger partial charge in [-0.25, -0.2) is 4.98 Å². The molecular weight excluding hydrogens is 443 g/mol. The average molecular weight is 488 g/mol. The van der Waals surface area contributed by atoms with Gasteiger partial charge in [0.2, 0.25) is 0 Å². The quantitative estimate of drug-likeness (QED) is 0.149. The predicted octanol–water partition coefficient (Wildman–Crippen LogP) is 7.31. The summed E-state index contributed by atoms with van der Waals surface area (Å²) in [7, 11) is 1.26. The summed E-state index contributed by atoms with van der Waals surface area (Å²) < 4.78 is 41.1. The van der Waals surface area contributed by atoms with Gasteiger partial charge in [-0.1, -0.05) is 76.9 Å². The van der Waals surface area contributed by atoms with Gasteiger partial charge in [-0.15, -0.1) is 0 Å². The van der Waals surface area contributed by atoms with Crippen LogP contribution >= 0.6 is 0 Å². The lowest BCUT2D eigenvalue weighted by atomic mass is 10.0. The molecule has 0 saturated carbocycles.